The normalized spacial score (nSPS) is 11.3. The molecule has 4 nitrogen and oxygen atoms in total. The number of carbonyl (C=O) groups is 2. The number of halogens is 3. The van der Waals surface area contributed by atoms with E-state index in [1.54, 1.807) is 30.3 Å². The molecular weight excluding hydrogens is 345 g/mol. The van der Waals surface area contributed by atoms with Crippen LogP contribution in [0.2, 0.25) is 0 Å². The summed E-state index contributed by atoms with van der Waals surface area (Å²) in [5.74, 6) is -0.640. The maximum Gasteiger partial charge on any atom is 0.416 e. The van der Waals surface area contributed by atoms with Crippen molar-refractivity contribution in [1.82, 2.24) is 10.6 Å². The van der Waals surface area contributed by atoms with Crippen LogP contribution in [0.5, 0.6) is 0 Å². The highest BCUT2D eigenvalue weighted by Crippen LogP contribution is 2.29. The zero-order chi connectivity index (χ0) is 19.0. The van der Waals surface area contributed by atoms with E-state index in [0.29, 0.717) is 11.1 Å². The summed E-state index contributed by atoms with van der Waals surface area (Å²) in [7, 11) is 0. The van der Waals surface area contributed by atoms with Gasteiger partial charge < -0.3 is 10.6 Å². The van der Waals surface area contributed by atoms with Gasteiger partial charge in [0, 0.05) is 24.7 Å². The Morgan fingerprint density at radius 1 is 0.885 bits per heavy atom. The van der Waals surface area contributed by atoms with Gasteiger partial charge >= 0.3 is 6.18 Å². The van der Waals surface area contributed by atoms with Gasteiger partial charge in [-0.25, -0.2) is 0 Å². The molecule has 0 heterocycles. The second kappa shape index (κ2) is 8.84. The first-order valence-electron chi connectivity index (χ1n) is 7.83. The molecule has 2 N–H and O–H groups in total. The Hall–Kier alpha value is -3.09. The molecule has 0 bridgehead atoms. The van der Waals surface area contributed by atoms with Gasteiger partial charge in [-0.1, -0.05) is 30.3 Å². The van der Waals surface area contributed by atoms with E-state index < -0.39 is 17.6 Å². The van der Waals surface area contributed by atoms with Crippen LogP contribution in [0.3, 0.4) is 0 Å². The van der Waals surface area contributed by atoms with Crippen molar-refractivity contribution in [2.24, 2.45) is 0 Å². The minimum atomic E-state index is -4.39. The summed E-state index contributed by atoms with van der Waals surface area (Å²) in [6, 6.07) is 13.2. The third-order valence-electron chi connectivity index (χ3n) is 3.41. The molecular formula is C19H17F3N2O2. The van der Waals surface area contributed by atoms with Gasteiger partial charge in [-0.2, -0.15) is 13.2 Å². The summed E-state index contributed by atoms with van der Waals surface area (Å²) in [5, 5.41) is 5.24. The van der Waals surface area contributed by atoms with Crippen molar-refractivity contribution in [1.29, 1.82) is 0 Å². The highest BCUT2D eigenvalue weighted by Gasteiger charge is 2.29. The standard InChI is InChI=1S/C19H17F3N2O2/c20-19(21,22)16-9-6-14(7-10-16)8-11-17(25)23-12-13-24-18(26)15-4-2-1-3-5-15/h1-11H,12-13H2,(H,23,25)(H,24,26)/b11-8+. The van der Waals surface area contributed by atoms with Gasteiger partial charge in [-0.05, 0) is 35.9 Å². The van der Waals surface area contributed by atoms with Gasteiger partial charge in [0.1, 0.15) is 0 Å². The Morgan fingerprint density at radius 2 is 1.50 bits per heavy atom. The number of nitrogens with one attached hydrogen (secondary N) is 2. The first kappa shape index (κ1) is 19.2. The fourth-order valence-electron chi connectivity index (χ4n) is 2.07. The summed E-state index contributed by atoms with van der Waals surface area (Å²) < 4.78 is 37.4. The topological polar surface area (TPSA) is 58.2 Å². The molecule has 2 aromatic carbocycles. The van der Waals surface area contributed by atoms with Crippen LogP contribution in [0.25, 0.3) is 6.08 Å². The monoisotopic (exact) mass is 362 g/mol. The van der Waals surface area contributed by atoms with E-state index in [0.717, 1.165) is 12.1 Å². The van der Waals surface area contributed by atoms with Gasteiger partial charge in [0.2, 0.25) is 5.91 Å². The highest BCUT2D eigenvalue weighted by atomic mass is 19.4. The molecule has 2 amide bonds. The van der Waals surface area contributed by atoms with Crippen molar-refractivity contribution >= 4 is 17.9 Å². The second-order valence-electron chi connectivity index (χ2n) is 5.37. The average molecular weight is 362 g/mol. The molecule has 0 saturated carbocycles. The van der Waals surface area contributed by atoms with E-state index in [1.165, 1.54) is 24.3 Å². The molecule has 0 atom stereocenters. The summed E-state index contributed by atoms with van der Waals surface area (Å²) in [6.07, 6.45) is -1.75. The lowest BCUT2D eigenvalue weighted by Gasteiger charge is -2.06. The minimum Gasteiger partial charge on any atom is -0.351 e. The molecule has 0 aliphatic rings. The van der Waals surface area contributed by atoms with E-state index in [9.17, 15) is 22.8 Å². The number of amides is 2. The molecule has 0 unspecified atom stereocenters. The van der Waals surface area contributed by atoms with Crippen molar-refractivity contribution in [3.63, 3.8) is 0 Å². The van der Waals surface area contributed by atoms with Gasteiger partial charge in [0.25, 0.3) is 5.91 Å². The van der Waals surface area contributed by atoms with Crippen molar-refractivity contribution in [3.05, 3.63) is 77.4 Å². The van der Waals surface area contributed by atoms with E-state index in [2.05, 4.69) is 10.6 Å². The molecule has 2 rings (SSSR count). The average Bonchev–Trinajstić information content (AvgIpc) is 2.63. The molecule has 2 aromatic rings. The number of carbonyl (C=O) groups excluding carboxylic acids is 2. The first-order valence-corrected chi connectivity index (χ1v) is 7.83. The molecule has 0 radical (unpaired) electrons. The van der Waals surface area contributed by atoms with Crippen molar-refractivity contribution < 1.29 is 22.8 Å². The molecule has 0 aromatic heterocycles. The lowest BCUT2D eigenvalue weighted by molar-refractivity contribution is -0.137. The van der Waals surface area contributed by atoms with E-state index in [4.69, 9.17) is 0 Å². The Bertz CT molecular complexity index is 770. The zero-order valence-corrected chi connectivity index (χ0v) is 13.7. The number of hydrogen-bond donors (Lipinski definition) is 2. The predicted molar refractivity (Wildman–Crippen MR) is 92.3 cm³/mol. The summed E-state index contributed by atoms with van der Waals surface area (Å²) >= 11 is 0. The van der Waals surface area contributed by atoms with Gasteiger partial charge in [-0.15, -0.1) is 0 Å². The van der Waals surface area contributed by atoms with Crippen molar-refractivity contribution in [3.8, 4) is 0 Å². The molecule has 7 heteroatoms. The molecule has 136 valence electrons. The Morgan fingerprint density at radius 3 is 2.12 bits per heavy atom. The number of hydrogen-bond acceptors (Lipinski definition) is 2. The van der Waals surface area contributed by atoms with Crippen molar-refractivity contribution in [2.45, 2.75) is 6.18 Å². The van der Waals surface area contributed by atoms with Crippen LogP contribution in [-0.4, -0.2) is 24.9 Å². The van der Waals surface area contributed by atoms with Crippen molar-refractivity contribution in [2.75, 3.05) is 13.1 Å². The fourth-order valence-corrected chi connectivity index (χ4v) is 2.07. The van der Waals surface area contributed by atoms with Crippen LogP contribution in [0.4, 0.5) is 13.2 Å². The molecule has 0 saturated heterocycles. The second-order valence-corrected chi connectivity index (χ2v) is 5.37. The Kier molecular flexibility index (Phi) is 6.54. The SMILES string of the molecule is O=C(/C=C/c1ccc(C(F)(F)F)cc1)NCCNC(=O)c1ccccc1. The molecule has 26 heavy (non-hydrogen) atoms. The minimum absolute atomic E-state index is 0.231. The van der Waals surface area contributed by atoms with Crippen LogP contribution in [0, 0.1) is 0 Å². The largest absolute Gasteiger partial charge is 0.416 e. The van der Waals surface area contributed by atoms with Crippen LogP contribution in [0.1, 0.15) is 21.5 Å². The van der Waals surface area contributed by atoms with Crippen LogP contribution >= 0.6 is 0 Å². The van der Waals surface area contributed by atoms with Crippen LogP contribution in [0.15, 0.2) is 60.7 Å². The number of benzene rings is 2. The summed E-state index contributed by atoms with van der Waals surface area (Å²) in [6.45, 7) is 0.488. The van der Waals surface area contributed by atoms with Gasteiger partial charge in [0.05, 0.1) is 5.56 Å². The number of rotatable bonds is 6. The molecule has 0 spiro atoms. The van der Waals surface area contributed by atoms with E-state index >= 15 is 0 Å². The summed E-state index contributed by atoms with van der Waals surface area (Å²) in [5.41, 5.74) is 0.264. The lowest BCUT2D eigenvalue weighted by atomic mass is 10.1. The lowest BCUT2D eigenvalue weighted by Crippen LogP contribution is -2.33. The third kappa shape index (κ3) is 6.08. The number of alkyl halides is 3. The predicted octanol–water partition coefficient (Wildman–Crippen LogP) is 3.26. The quantitative estimate of drug-likeness (QED) is 0.612. The Labute approximate surface area is 148 Å². The van der Waals surface area contributed by atoms with Crippen LogP contribution in [-0.2, 0) is 11.0 Å². The van der Waals surface area contributed by atoms with E-state index in [-0.39, 0.29) is 19.0 Å². The third-order valence-corrected chi connectivity index (χ3v) is 3.41. The maximum atomic E-state index is 12.5. The van der Waals surface area contributed by atoms with Gasteiger partial charge in [-0.3, -0.25) is 9.59 Å². The highest BCUT2D eigenvalue weighted by molar-refractivity contribution is 5.94. The zero-order valence-electron chi connectivity index (χ0n) is 13.7. The smallest absolute Gasteiger partial charge is 0.351 e. The molecule has 0 aliphatic carbocycles. The first-order chi connectivity index (χ1) is 12.4. The van der Waals surface area contributed by atoms with E-state index in [1.807, 2.05) is 0 Å². The van der Waals surface area contributed by atoms with Crippen LogP contribution < -0.4 is 10.6 Å². The Balaban J connectivity index is 1.73. The molecule has 0 fully saturated rings. The van der Waals surface area contributed by atoms with Gasteiger partial charge in [0.15, 0.2) is 0 Å². The molecule has 0 aliphatic heterocycles. The summed E-state index contributed by atoms with van der Waals surface area (Å²) in [4.78, 5) is 23.4. The maximum absolute atomic E-state index is 12.5. The fraction of sp³-hybridized carbons (Fsp3) is 0.158.